The van der Waals surface area contributed by atoms with E-state index in [1.807, 2.05) is 42.5 Å². The second-order valence-corrected chi connectivity index (χ2v) is 10.1. The van der Waals surface area contributed by atoms with Gasteiger partial charge in [0.15, 0.2) is 17.4 Å². The molecule has 0 N–H and O–H groups in total. The SMILES string of the molecule is CC1CCC2CC(c3ccc(-c4cc(F)c(OCc5ccccc5)c(F)c4)cc3)CCC2C1. The molecule has 0 bridgehead atoms. The van der Waals surface area contributed by atoms with E-state index in [4.69, 9.17) is 4.74 Å². The second-order valence-electron chi connectivity index (χ2n) is 10.1. The summed E-state index contributed by atoms with van der Waals surface area (Å²) in [6.45, 7) is 2.53. The Morgan fingerprint density at radius 1 is 0.758 bits per heavy atom. The van der Waals surface area contributed by atoms with E-state index >= 15 is 0 Å². The van der Waals surface area contributed by atoms with Crippen molar-refractivity contribution in [3.63, 3.8) is 0 Å². The smallest absolute Gasteiger partial charge is 0.191 e. The Morgan fingerprint density at radius 2 is 1.42 bits per heavy atom. The molecule has 3 heteroatoms. The van der Waals surface area contributed by atoms with Crippen LogP contribution in [-0.4, -0.2) is 0 Å². The van der Waals surface area contributed by atoms with Crippen LogP contribution in [0.15, 0.2) is 66.7 Å². The Labute approximate surface area is 195 Å². The molecule has 2 aliphatic carbocycles. The van der Waals surface area contributed by atoms with E-state index in [0.29, 0.717) is 11.5 Å². The van der Waals surface area contributed by atoms with Gasteiger partial charge in [-0.3, -0.25) is 0 Å². The molecule has 3 aromatic rings. The van der Waals surface area contributed by atoms with Crippen LogP contribution in [-0.2, 0) is 6.61 Å². The predicted octanol–water partition coefficient (Wildman–Crippen LogP) is 8.53. The molecule has 5 rings (SSSR count). The van der Waals surface area contributed by atoms with Gasteiger partial charge < -0.3 is 4.74 Å². The van der Waals surface area contributed by atoms with Crippen LogP contribution in [0.1, 0.15) is 62.5 Å². The highest BCUT2D eigenvalue weighted by Crippen LogP contribution is 2.47. The summed E-state index contributed by atoms with van der Waals surface area (Å²) >= 11 is 0. The molecule has 3 aromatic carbocycles. The fourth-order valence-electron chi connectivity index (χ4n) is 5.97. The zero-order valence-electron chi connectivity index (χ0n) is 19.3. The molecule has 0 saturated heterocycles. The van der Waals surface area contributed by atoms with Gasteiger partial charge in [-0.1, -0.05) is 67.9 Å². The molecule has 4 unspecified atom stereocenters. The third kappa shape index (κ3) is 4.98. The number of halogens is 2. The first-order valence-corrected chi connectivity index (χ1v) is 12.3. The molecule has 0 spiro atoms. The Balaban J connectivity index is 1.27. The highest BCUT2D eigenvalue weighted by atomic mass is 19.1. The van der Waals surface area contributed by atoms with Crippen LogP contribution in [0.2, 0.25) is 0 Å². The Hall–Kier alpha value is -2.68. The van der Waals surface area contributed by atoms with E-state index < -0.39 is 11.6 Å². The summed E-state index contributed by atoms with van der Waals surface area (Å²) in [5.41, 5.74) is 3.59. The first kappa shape index (κ1) is 22.1. The number of ether oxygens (including phenoxy) is 1. The molecule has 2 saturated carbocycles. The van der Waals surface area contributed by atoms with Gasteiger partial charge in [0.25, 0.3) is 0 Å². The van der Waals surface area contributed by atoms with Crippen LogP contribution in [0, 0.1) is 29.4 Å². The quantitative estimate of drug-likeness (QED) is 0.381. The molecule has 2 aliphatic rings. The Kier molecular flexibility index (Phi) is 6.48. The van der Waals surface area contributed by atoms with Gasteiger partial charge in [-0.15, -0.1) is 0 Å². The molecule has 172 valence electrons. The fraction of sp³-hybridized carbons (Fsp3) is 0.400. The standard InChI is InChI=1S/C30H32F2O/c1-20-7-8-26-16-25(14-13-24(26)15-20)22-9-11-23(12-10-22)27-17-28(31)30(29(32)18-27)33-19-21-5-3-2-4-6-21/h2-6,9-12,17-18,20,24-26H,7-8,13-16,19H2,1H3. The Bertz CT molecular complexity index is 1050. The average molecular weight is 447 g/mol. The highest BCUT2D eigenvalue weighted by molar-refractivity contribution is 5.65. The van der Waals surface area contributed by atoms with Gasteiger partial charge in [-0.2, -0.15) is 0 Å². The molecular weight excluding hydrogens is 414 g/mol. The molecule has 33 heavy (non-hydrogen) atoms. The third-order valence-corrected chi connectivity index (χ3v) is 7.81. The molecule has 2 fully saturated rings. The summed E-state index contributed by atoms with van der Waals surface area (Å²) in [6, 6.07) is 20.4. The second kappa shape index (κ2) is 9.67. The minimum absolute atomic E-state index is 0.130. The van der Waals surface area contributed by atoms with E-state index in [2.05, 4.69) is 19.1 Å². The number of hydrogen-bond acceptors (Lipinski definition) is 1. The lowest BCUT2D eigenvalue weighted by Crippen LogP contribution is -2.29. The maximum Gasteiger partial charge on any atom is 0.191 e. The zero-order chi connectivity index (χ0) is 22.8. The van der Waals surface area contributed by atoms with Crippen LogP contribution in [0.5, 0.6) is 5.75 Å². The lowest BCUT2D eigenvalue weighted by molar-refractivity contribution is 0.124. The summed E-state index contributed by atoms with van der Waals surface area (Å²) in [6.07, 6.45) is 8.02. The largest absolute Gasteiger partial charge is 0.483 e. The summed E-state index contributed by atoms with van der Waals surface area (Å²) < 4.78 is 34.8. The maximum absolute atomic E-state index is 14.7. The van der Waals surface area contributed by atoms with Gasteiger partial charge in [-0.05, 0) is 90.2 Å². The zero-order valence-corrected chi connectivity index (χ0v) is 19.3. The number of rotatable bonds is 5. The van der Waals surface area contributed by atoms with Crippen molar-refractivity contribution in [3.05, 3.63) is 89.5 Å². The maximum atomic E-state index is 14.7. The molecule has 0 aromatic heterocycles. The van der Waals surface area contributed by atoms with Crippen molar-refractivity contribution in [2.45, 2.75) is 58.0 Å². The normalized spacial score (nSPS) is 24.8. The molecule has 0 radical (unpaired) electrons. The van der Waals surface area contributed by atoms with Crippen molar-refractivity contribution in [3.8, 4) is 16.9 Å². The number of hydrogen-bond donors (Lipinski definition) is 0. The van der Waals surface area contributed by atoms with E-state index in [0.717, 1.165) is 28.9 Å². The third-order valence-electron chi connectivity index (χ3n) is 7.81. The van der Waals surface area contributed by atoms with Crippen molar-refractivity contribution in [2.75, 3.05) is 0 Å². The van der Waals surface area contributed by atoms with Gasteiger partial charge in [-0.25, -0.2) is 8.78 Å². The van der Waals surface area contributed by atoms with Gasteiger partial charge in [0.2, 0.25) is 0 Å². The molecule has 4 atom stereocenters. The minimum Gasteiger partial charge on any atom is -0.483 e. The summed E-state index contributed by atoms with van der Waals surface area (Å²) in [7, 11) is 0. The summed E-state index contributed by atoms with van der Waals surface area (Å²) in [4.78, 5) is 0. The molecule has 0 aliphatic heterocycles. The van der Waals surface area contributed by atoms with E-state index in [9.17, 15) is 8.78 Å². The number of benzene rings is 3. The van der Waals surface area contributed by atoms with Gasteiger partial charge in [0.05, 0.1) is 0 Å². The highest BCUT2D eigenvalue weighted by Gasteiger charge is 2.34. The van der Waals surface area contributed by atoms with Crippen LogP contribution in [0.3, 0.4) is 0 Å². The average Bonchev–Trinajstić information content (AvgIpc) is 2.84. The van der Waals surface area contributed by atoms with Gasteiger partial charge in [0.1, 0.15) is 6.61 Å². The van der Waals surface area contributed by atoms with Crippen molar-refractivity contribution < 1.29 is 13.5 Å². The van der Waals surface area contributed by atoms with Gasteiger partial charge >= 0.3 is 0 Å². The first-order valence-electron chi connectivity index (χ1n) is 12.3. The van der Waals surface area contributed by atoms with Crippen LogP contribution < -0.4 is 4.74 Å². The lowest BCUT2D eigenvalue weighted by atomic mass is 9.64. The van der Waals surface area contributed by atoms with Crippen molar-refractivity contribution >= 4 is 0 Å². The predicted molar refractivity (Wildman–Crippen MR) is 129 cm³/mol. The van der Waals surface area contributed by atoms with Crippen molar-refractivity contribution in [1.82, 2.24) is 0 Å². The lowest BCUT2D eigenvalue weighted by Gasteiger charge is -2.41. The fourth-order valence-corrected chi connectivity index (χ4v) is 5.97. The topological polar surface area (TPSA) is 9.23 Å². The van der Waals surface area contributed by atoms with Crippen LogP contribution >= 0.6 is 0 Å². The first-order chi connectivity index (χ1) is 16.1. The van der Waals surface area contributed by atoms with Gasteiger partial charge in [0, 0.05) is 0 Å². The minimum atomic E-state index is -0.671. The van der Waals surface area contributed by atoms with E-state index in [1.54, 1.807) is 0 Å². The van der Waals surface area contributed by atoms with Crippen molar-refractivity contribution in [1.29, 1.82) is 0 Å². The monoisotopic (exact) mass is 446 g/mol. The molecule has 0 heterocycles. The Morgan fingerprint density at radius 3 is 2.15 bits per heavy atom. The van der Waals surface area contributed by atoms with Crippen LogP contribution in [0.4, 0.5) is 8.78 Å². The number of fused-ring (bicyclic) bond motifs is 1. The summed E-state index contributed by atoms with van der Waals surface area (Å²) in [5, 5.41) is 0. The molecule has 1 nitrogen and oxygen atoms in total. The van der Waals surface area contributed by atoms with E-state index in [-0.39, 0.29) is 12.4 Å². The van der Waals surface area contributed by atoms with E-state index in [1.165, 1.54) is 56.2 Å². The van der Waals surface area contributed by atoms with Crippen molar-refractivity contribution in [2.24, 2.45) is 17.8 Å². The molecular formula is C30H32F2O. The summed E-state index contributed by atoms with van der Waals surface area (Å²) in [5.74, 6) is 1.61. The molecule has 0 amide bonds. The van der Waals surface area contributed by atoms with Crippen LogP contribution in [0.25, 0.3) is 11.1 Å².